The first-order chi connectivity index (χ1) is 18.0. The second-order valence-electron chi connectivity index (χ2n) is 11.0. The second kappa shape index (κ2) is 12.9. The van der Waals surface area contributed by atoms with Crippen LogP contribution in [0.15, 0.2) is 41.3 Å². The zero-order valence-corrected chi connectivity index (χ0v) is 23.8. The van der Waals surface area contributed by atoms with Crippen LogP contribution in [0.2, 0.25) is 0 Å². The Morgan fingerprint density at radius 3 is 2.28 bits per heavy atom. The minimum Gasteiger partial charge on any atom is -0.338 e. The molecule has 3 heterocycles. The van der Waals surface area contributed by atoms with E-state index in [9.17, 15) is 14.4 Å². The summed E-state index contributed by atoms with van der Waals surface area (Å²) in [4.78, 5) is 47.5. The summed E-state index contributed by atoms with van der Waals surface area (Å²) >= 11 is 0. The molecule has 5 N–H and O–H groups in total. The summed E-state index contributed by atoms with van der Waals surface area (Å²) in [6.45, 7) is 10.1. The van der Waals surface area contributed by atoms with Crippen LogP contribution in [0.4, 0.5) is 10.6 Å². The number of anilines is 1. The van der Waals surface area contributed by atoms with E-state index in [1.54, 1.807) is 35.9 Å². The van der Waals surface area contributed by atoms with E-state index in [-0.39, 0.29) is 36.2 Å². The van der Waals surface area contributed by atoms with Gasteiger partial charge >= 0.3 is 11.7 Å². The van der Waals surface area contributed by atoms with Crippen molar-refractivity contribution in [3.05, 3.63) is 52.6 Å². The van der Waals surface area contributed by atoms with Crippen molar-refractivity contribution in [3.8, 4) is 5.69 Å². The Labute approximate surface area is 235 Å². The molecule has 1 aromatic heterocycles. The molecule has 0 saturated carbocycles. The number of urea groups is 1. The van der Waals surface area contributed by atoms with Crippen LogP contribution in [0.25, 0.3) is 5.69 Å². The van der Waals surface area contributed by atoms with E-state index in [1.165, 1.54) is 10.1 Å². The van der Waals surface area contributed by atoms with Gasteiger partial charge in [-0.15, -0.1) is 12.4 Å². The van der Waals surface area contributed by atoms with Crippen molar-refractivity contribution in [2.24, 2.45) is 17.4 Å². The minimum absolute atomic E-state index is 0. The molecular weight excluding hydrogens is 520 g/mol. The van der Waals surface area contributed by atoms with Crippen molar-refractivity contribution in [1.29, 1.82) is 0 Å². The molecule has 0 radical (unpaired) electrons. The van der Waals surface area contributed by atoms with Crippen LogP contribution in [0.1, 0.15) is 32.8 Å². The van der Waals surface area contributed by atoms with Crippen molar-refractivity contribution in [1.82, 2.24) is 24.3 Å². The van der Waals surface area contributed by atoms with Gasteiger partial charge in [0.05, 0.1) is 11.2 Å². The van der Waals surface area contributed by atoms with Gasteiger partial charge in [0.1, 0.15) is 5.82 Å². The van der Waals surface area contributed by atoms with Gasteiger partial charge in [0.15, 0.2) is 0 Å². The molecule has 0 bridgehead atoms. The molecule has 4 rings (SSSR count). The molecule has 214 valence electrons. The molecule has 2 aliphatic heterocycles. The van der Waals surface area contributed by atoms with Gasteiger partial charge < -0.3 is 26.2 Å². The fourth-order valence-electron chi connectivity index (χ4n) is 4.98. The first-order valence-electron chi connectivity index (χ1n) is 13.3. The molecular formula is C27H41ClN8O3. The lowest BCUT2D eigenvalue weighted by Crippen LogP contribution is -2.58. The fraction of sp³-hybridized carbons (Fsp3) is 0.556. The number of carbonyl (C=O) groups excluding carboxylic acids is 2. The molecule has 2 aliphatic rings. The molecule has 2 aromatic rings. The average molecular weight is 561 g/mol. The molecule has 2 saturated heterocycles. The maximum atomic E-state index is 12.7. The Morgan fingerprint density at radius 2 is 1.72 bits per heavy atom. The summed E-state index contributed by atoms with van der Waals surface area (Å²) < 4.78 is 1.45. The molecule has 3 amide bonds. The monoisotopic (exact) mass is 560 g/mol. The van der Waals surface area contributed by atoms with Crippen molar-refractivity contribution in [2.75, 3.05) is 51.1 Å². The lowest BCUT2D eigenvalue weighted by atomic mass is 10.0. The number of halogens is 1. The number of hydrogen-bond donors (Lipinski definition) is 3. The van der Waals surface area contributed by atoms with Crippen LogP contribution in [-0.2, 0) is 11.2 Å². The van der Waals surface area contributed by atoms with Crippen molar-refractivity contribution in [3.63, 3.8) is 0 Å². The smallest absolute Gasteiger partial charge is 0.338 e. The molecule has 1 unspecified atom stereocenters. The highest BCUT2D eigenvalue weighted by Crippen LogP contribution is 2.19. The molecule has 2 atom stereocenters. The number of nitrogens with one attached hydrogen (secondary N) is 1. The first kappa shape index (κ1) is 30.6. The highest BCUT2D eigenvalue weighted by atomic mass is 35.5. The van der Waals surface area contributed by atoms with Crippen molar-refractivity contribution < 1.29 is 9.59 Å². The van der Waals surface area contributed by atoms with E-state index in [1.807, 2.05) is 24.3 Å². The third kappa shape index (κ3) is 7.78. The van der Waals surface area contributed by atoms with Gasteiger partial charge in [-0.2, -0.15) is 4.98 Å². The zero-order chi connectivity index (χ0) is 27.4. The molecule has 11 nitrogen and oxygen atoms in total. The predicted molar refractivity (Wildman–Crippen MR) is 154 cm³/mol. The van der Waals surface area contributed by atoms with Crippen LogP contribution in [0, 0.1) is 5.92 Å². The van der Waals surface area contributed by atoms with E-state index in [0.717, 1.165) is 32.5 Å². The molecule has 0 spiro atoms. The number of piperazine rings is 1. The number of hydrogen-bond acceptors (Lipinski definition) is 7. The van der Waals surface area contributed by atoms with E-state index in [2.05, 4.69) is 22.1 Å². The van der Waals surface area contributed by atoms with Gasteiger partial charge in [-0.25, -0.2) is 9.59 Å². The summed E-state index contributed by atoms with van der Waals surface area (Å²) in [6, 6.07) is 9.38. The van der Waals surface area contributed by atoms with Gasteiger partial charge in [-0.1, -0.05) is 12.1 Å². The largest absolute Gasteiger partial charge is 0.354 e. The lowest BCUT2D eigenvalue weighted by molar-refractivity contribution is -0.137. The third-order valence-corrected chi connectivity index (χ3v) is 7.43. The summed E-state index contributed by atoms with van der Waals surface area (Å²) in [6.07, 6.45) is 3.71. The number of likely N-dealkylation sites (tertiary alicyclic amines) is 1. The highest BCUT2D eigenvalue weighted by Gasteiger charge is 2.31. The third-order valence-electron chi connectivity index (χ3n) is 7.43. The first-order valence-corrected chi connectivity index (χ1v) is 13.3. The summed E-state index contributed by atoms with van der Waals surface area (Å²) in [5.74, 6) is 0.623. The summed E-state index contributed by atoms with van der Waals surface area (Å²) in [5.41, 5.74) is 12.4. The Morgan fingerprint density at radius 1 is 1.08 bits per heavy atom. The maximum Gasteiger partial charge on any atom is 0.354 e. The Bertz CT molecular complexity index is 1190. The van der Waals surface area contributed by atoms with Crippen LogP contribution in [-0.4, -0.2) is 93.6 Å². The van der Waals surface area contributed by atoms with Gasteiger partial charge in [0.25, 0.3) is 0 Å². The highest BCUT2D eigenvalue weighted by molar-refractivity contribution is 5.89. The Balaban J connectivity index is 0.00000420. The Hall–Kier alpha value is -2.99. The molecule has 0 aliphatic carbocycles. The Kier molecular flexibility index (Phi) is 10.1. The maximum absolute atomic E-state index is 12.7. The number of rotatable bonds is 7. The number of nitrogens with zero attached hydrogens (tertiary/aromatic N) is 5. The van der Waals surface area contributed by atoms with E-state index in [0.29, 0.717) is 37.8 Å². The lowest BCUT2D eigenvalue weighted by Gasteiger charge is -2.37. The van der Waals surface area contributed by atoms with Crippen LogP contribution in [0.5, 0.6) is 0 Å². The summed E-state index contributed by atoms with van der Waals surface area (Å²) in [5, 5.41) is 2.69. The SMILES string of the molecule is CC(N)[C@H]1CCN(CCc2ccc(-n3ccc(NC(=O)N4CCN(C(=O)C(C)(C)N)CC4)nc3=O)cc2)C1.Cl. The van der Waals surface area contributed by atoms with Crippen LogP contribution >= 0.6 is 12.4 Å². The number of aromatic nitrogens is 2. The van der Waals surface area contributed by atoms with Crippen molar-refractivity contribution in [2.45, 2.75) is 45.2 Å². The fourth-order valence-corrected chi connectivity index (χ4v) is 4.98. The molecule has 12 heteroatoms. The number of benzene rings is 1. The van der Waals surface area contributed by atoms with Crippen molar-refractivity contribution >= 4 is 30.2 Å². The standard InChI is InChI=1S/C27H40N8O3.ClH/c1-19(28)21-9-12-32(18-21)11-8-20-4-6-22(7-5-20)35-13-10-23(31-26(35)38)30-25(37)34-16-14-33(15-17-34)24(36)27(2,3)29;/h4-7,10,13,19,21H,8-9,11-12,14-18,28-29H2,1-3H3,(H,30,31,37,38);1H/t19?,21-;/m0./s1. The number of carbonyl (C=O) groups is 2. The zero-order valence-electron chi connectivity index (χ0n) is 23.0. The normalized spacial score (nSPS) is 18.9. The van der Waals surface area contributed by atoms with Crippen LogP contribution < -0.4 is 22.5 Å². The average Bonchev–Trinajstić information content (AvgIpc) is 3.37. The van der Waals surface area contributed by atoms with Gasteiger partial charge in [0.2, 0.25) is 5.91 Å². The quantitative estimate of drug-likeness (QED) is 0.463. The van der Waals surface area contributed by atoms with E-state index >= 15 is 0 Å². The van der Waals surface area contributed by atoms with E-state index < -0.39 is 11.2 Å². The molecule has 39 heavy (non-hydrogen) atoms. The van der Waals surface area contributed by atoms with Gasteiger partial charge in [-0.3, -0.25) is 14.7 Å². The number of nitrogens with two attached hydrogens (primary N) is 2. The minimum atomic E-state index is -0.945. The van der Waals surface area contributed by atoms with Crippen LogP contribution in [0.3, 0.4) is 0 Å². The van der Waals surface area contributed by atoms with Gasteiger partial charge in [0, 0.05) is 51.5 Å². The summed E-state index contributed by atoms with van der Waals surface area (Å²) in [7, 11) is 0. The molecule has 1 aromatic carbocycles. The van der Waals surface area contributed by atoms with Gasteiger partial charge in [-0.05, 0) is 69.8 Å². The molecule has 2 fully saturated rings. The topological polar surface area (TPSA) is 143 Å². The predicted octanol–water partition coefficient (Wildman–Crippen LogP) is 1.28. The number of amides is 3. The second-order valence-corrected chi connectivity index (χ2v) is 11.0. The van der Waals surface area contributed by atoms with E-state index in [4.69, 9.17) is 11.5 Å².